The van der Waals surface area contributed by atoms with Crippen molar-refractivity contribution in [1.82, 2.24) is 0 Å². The molecule has 1 atom stereocenters. The fourth-order valence-corrected chi connectivity index (χ4v) is 2.07. The third kappa shape index (κ3) is 5.74. The minimum absolute atomic E-state index is 0.374. The number of hydrogen-bond acceptors (Lipinski definition) is 2. The molecule has 0 bridgehead atoms. The van der Waals surface area contributed by atoms with E-state index < -0.39 is 5.97 Å². The second-order valence-corrected chi connectivity index (χ2v) is 5.32. The molecule has 1 aromatic rings. The molecule has 0 aliphatic rings. The number of rotatable bonds is 6. The number of benzene rings is 1. The highest BCUT2D eigenvalue weighted by Gasteiger charge is 2.02. The summed E-state index contributed by atoms with van der Waals surface area (Å²) in [5.74, 6) is -0.539. The van der Waals surface area contributed by atoms with Gasteiger partial charge in [-0.25, -0.2) is 4.79 Å². The Bertz CT molecular complexity index is 498. The van der Waals surface area contributed by atoms with E-state index in [9.17, 15) is 4.79 Å². The van der Waals surface area contributed by atoms with Gasteiger partial charge in [0.2, 0.25) is 0 Å². The fourth-order valence-electron chi connectivity index (χ4n) is 2.07. The highest BCUT2D eigenvalue weighted by molar-refractivity contribution is 5.80. The molecule has 0 aromatic heterocycles. The Hall–Kier alpha value is -2.03. The summed E-state index contributed by atoms with van der Waals surface area (Å²) in [4.78, 5) is 12.5. The fraction of sp³-hybridized carbons (Fsp3) is 0.353. The van der Waals surface area contributed by atoms with Crippen molar-refractivity contribution < 1.29 is 9.90 Å². The van der Waals surface area contributed by atoms with Crippen molar-refractivity contribution in [2.75, 3.05) is 19.0 Å². The van der Waals surface area contributed by atoms with Gasteiger partial charge in [0.25, 0.3) is 0 Å². The summed E-state index contributed by atoms with van der Waals surface area (Å²) in [5.41, 5.74) is 3.46. The van der Waals surface area contributed by atoms with Crippen LogP contribution in [0.5, 0.6) is 0 Å². The first-order chi connectivity index (χ1) is 9.38. The van der Waals surface area contributed by atoms with Crippen LogP contribution in [0, 0.1) is 5.92 Å². The van der Waals surface area contributed by atoms with E-state index in [1.54, 1.807) is 6.08 Å². The van der Waals surface area contributed by atoms with Crippen LogP contribution in [-0.2, 0) is 11.2 Å². The number of carboxylic acids is 1. The molecule has 108 valence electrons. The lowest BCUT2D eigenvalue weighted by atomic mass is 9.98. The quantitative estimate of drug-likeness (QED) is 0.637. The number of hydrogen-bond donors (Lipinski definition) is 1. The van der Waals surface area contributed by atoms with Crippen molar-refractivity contribution in [2.45, 2.75) is 20.3 Å². The molecule has 1 rings (SSSR count). The minimum atomic E-state index is -0.912. The van der Waals surface area contributed by atoms with E-state index in [2.05, 4.69) is 42.2 Å². The van der Waals surface area contributed by atoms with Gasteiger partial charge in [0, 0.05) is 25.9 Å². The molecule has 0 amide bonds. The van der Waals surface area contributed by atoms with Crippen molar-refractivity contribution in [3.05, 3.63) is 53.6 Å². The maximum Gasteiger partial charge on any atom is 0.328 e. The van der Waals surface area contributed by atoms with Crippen molar-refractivity contribution in [1.29, 1.82) is 0 Å². The first-order valence-electron chi connectivity index (χ1n) is 6.74. The van der Waals surface area contributed by atoms with Gasteiger partial charge in [0.1, 0.15) is 0 Å². The highest BCUT2D eigenvalue weighted by atomic mass is 16.4. The second-order valence-electron chi connectivity index (χ2n) is 5.32. The standard InChI is InChI=1S/C17H23NO2/c1-13(5-10-17(19)20)11-14(2)12-15-6-8-16(9-7-15)18(3)4/h5-11,14H,12H2,1-4H3,(H,19,20)/b10-5+,13-11+. The molecule has 3 nitrogen and oxygen atoms in total. The summed E-state index contributed by atoms with van der Waals surface area (Å²) >= 11 is 0. The maximum absolute atomic E-state index is 10.4. The van der Waals surface area contributed by atoms with Crippen LogP contribution in [-0.4, -0.2) is 25.2 Å². The molecule has 0 fully saturated rings. The molecule has 20 heavy (non-hydrogen) atoms. The van der Waals surface area contributed by atoms with Crippen LogP contribution < -0.4 is 4.90 Å². The summed E-state index contributed by atoms with van der Waals surface area (Å²) in [7, 11) is 4.05. The Labute approximate surface area is 121 Å². The van der Waals surface area contributed by atoms with E-state index >= 15 is 0 Å². The lowest BCUT2D eigenvalue weighted by molar-refractivity contribution is -0.131. The molecule has 0 aliphatic carbocycles. The molecule has 1 aromatic carbocycles. The van der Waals surface area contributed by atoms with Gasteiger partial charge in [0.05, 0.1) is 0 Å². The largest absolute Gasteiger partial charge is 0.478 e. The zero-order valence-electron chi connectivity index (χ0n) is 12.6. The van der Waals surface area contributed by atoms with Crippen LogP contribution in [0.25, 0.3) is 0 Å². The normalized spacial score (nSPS) is 13.5. The Morgan fingerprint density at radius 1 is 1.25 bits per heavy atom. The molecule has 0 saturated carbocycles. The van der Waals surface area contributed by atoms with Crippen LogP contribution in [0.2, 0.25) is 0 Å². The zero-order chi connectivity index (χ0) is 15.1. The summed E-state index contributed by atoms with van der Waals surface area (Å²) < 4.78 is 0. The van der Waals surface area contributed by atoms with E-state index in [1.807, 2.05) is 21.0 Å². The zero-order valence-corrected chi connectivity index (χ0v) is 12.6. The molecule has 0 saturated heterocycles. The molecular formula is C17H23NO2. The lowest BCUT2D eigenvalue weighted by Gasteiger charge is -2.13. The van der Waals surface area contributed by atoms with E-state index in [0.717, 1.165) is 12.0 Å². The molecule has 3 heteroatoms. The predicted octanol–water partition coefficient (Wildman–Crippen LogP) is 3.52. The molecule has 1 N–H and O–H groups in total. The summed E-state index contributed by atoms with van der Waals surface area (Å²) in [6.45, 7) is 4.06. The Kier molecular flexibility index (Phi) is 6.04. The lowest BCUT2D eigenvalue weighted by Crippen LogP contribution is -2.08. The Morgan fingerprint density at radius 3 is 2.35 bits per heavy atom. The number of allylic oxidation sites excluding steroid dienone is 3. The molecule has 0 radical (unpaired) electrons. The SMILES string of the molecule is CC(/C=C/C(=O)O)=C\C(C)Cc1ccc(N(C)C)cc1. The van der Waals surface area contributed by atoms with Gasteiger partial charge in [-0.1, -0.05) is 36.8 Å². The monoisotopic (exact) mass is 273 g/mol. The first kappa shape index (κ1) is 16.0. The average molecular weight is 273 g/mol. The van der Waals surface area contributed by atoms with Gasteiger partial charge in [0.15, 0.2) is 0 Å². The molecule has 0 heterocycles. The summed E-state index contributed by atoms with van der Waals surface area (Å²) in [5, 5.41) is 8.58. The molecular weight excluding hydrogens is 250 g/mol. The first-order valence-corrected chi connectivity index (χ1v) is 6.74. The topological polar surface area (TPSA) is 40.5 Å². The van der Waals surface area contributed by atoms with Gasteiger partial charge in [-0.2, -0.15) is 0 Å². The van der Waals surface area contributed by atoms with Crippen LogP contribution >= 0.6 is 0 Å². The van der Waals surface area contributed by atoms with Gasteiger partial charge in [-0.3, -0.25) is 0 Å². The van der Waals surface area contributed by atoms with Gasteiger partial charge < -0.3 is 10.0 Å². The second kappa shape index (κ2) is 7.53. The number of nitrogens with zero attached hydrogens (tertiary/aromatic N) is 1. The van der Waals surface area contributed by atoms with E-state index in [0.29, 0.717) is 5.92 Å². The van der Waals surface area contributed by atoms with Crippen molar-refractivity contribution >= 4 is 11.7 Å². The highest BCUT2D eigenvalue weighted by Crippen LogP contribution is 2.16. The third-order valence-electron chi connectivity index (χ3n) is 3.05. The van der Waals surface area contributed by atoms with Gasteiger partial charge in [-0.15, -0.1) is 0 Å². The number of anilines is 1. The third-order valence-corrected chi connectivity index (χ3v) is 3.05. The van der Waals surface area contributed by atoms with Crippen LogP contribution in [0.15, 0.2) is 48.1 Å². The minimum Gasteiger partial charge on any atom is -0.478 e. The van der Waals surface area contributed by atoms with Crippen molar-refractivity contribution in [3.8, 4) is 0 Å². The van der Waals surface area contributed by atoms with E-state index in [-0.39, 0.29) is 0 Å². The molecule has 1 unspecified atom stereocenters. The Morgan fingerprint density at radius 2 is 1.85 bits per heavy atom. The van der Waals surface area contributed by atoms with Gasteiger partial charge in [-0.05, 0) is 37.0 Å². The van der Waals surface area contributed by atoms with E-state index in [4.69, 9.17) is 5.11 Å². The van der Waals surface area contributed by atoms with Crippen LogP contribution in [0.1, 0.15) is 19.4 Å². The number of carboxylic acid groups (broad SMARTS) is 1. The Balaban J connectivity index is 2.63. The average Bonchev–Trinajstić information content (AvgIpc) is 2.36. The van der Waals surface area contributed by atoms with Gasteiger partial charge >= 0.3 is 5.97 Å². The van der Waals surface area contributed by atoms with Crippen molar-refractivity contribution in [2.24, 2.45) is 5.92 Å². The molecule has 0 aliphatic heterocycles. The van der Waals surface area contributed by atoms with Crippen molar-refractivity contribution in [3.63, 3.8) is 0 Å². The summed E-state index contributed by atoms with van der Waals surface area (Å²) in [6.07, 6.45) is 5.85. The predicted molar refractivity (Wildman–Crippen MR) is 84.2 cm³/mol. The summed E-state index contributed by atoms with van der Waals surface area (Å²) in [6, 6.07) is 8.51. The number of aliphatic carboxylic acids is 1. The number of carbonyl (C=O) groups is 1. The smallest absolute Gasteiger partial charge is 0.328 e. The van der Waals surface area contributed by atoms with Crippen LogP contribution in [0.3, 0.4) is 0 Å². The van der Waals surface area contributed by atoms with E-state index in [1.165, 1.54) is 17.3 Å². The molecule has 0 spiro atoms. The van der Waals surface area contributed by atoms with Crippen LogP contribution in [0.4, 0.5) is 5.69 Å². The maximum atomic E-state index is 10.4.